The van der Waals surface area contributed by atoms with Crippen LogP contribution < -0.4 is 0 Å². The summed E-state index contributed by atoms with van der Waals surface area (Å²) in [6, 6.07) is 8.76. The number of hydrogen-bond donors (Lipinski definition) is 1. The summed E-state index contributed by atoms with van der Waals surface area (Å²) in [5.41, 5.74) is 1.91. The highest BCUT2D eigenvalue weighted by Gasteiger charge is 2.68. The van der Waals surface area contributed by atoms with Crippen LogP contribution in [0, 0.1) is 16.7 Å². The molecule has 1 N–H and O–H groups in total. The van der Waals surface area contributed by atoms with Crippen LogP contribution in [0.1, 0.15) is 71.9 Å². The van der Waals surface area contributed by atoms with Gasteiger partial charge in [-0.05, 0) is 41.7 Å². The van der Waals surface area contributed by atoms with Crippen molar-refractivity contribution in [2.75, 3.05) is 0 Å². The van der Waals surface area contributed by atoms with Gasteiger partial charge in [-0.2, -0.15) is 0 Å². The first-order chi connectivity index (χ1) is 9.52. The standard InChI is InChI=1S/C20H30O/c1-17(2,3)14-7-9-15(10-8-14)20(21)18(4,5)16-11-12-19(20,6)13-16/h7-10,16,21H,11-13H2,1-6H3. The Morgan fingerprint density at radius 1 is 1.05 bits per heavy atom. The van der Waals surface area contributed by atoms with Crippen molar-refractivity contribution in [1.29, 1.82) is 0 Å². The molecule has 21 heavy (non-hydrogen) atoms. The van der Waals surface area contributed by atoms with Crippen molar-refractivity contribution in [3.63, 3.8) is 0 Å². The first-order valence-electron chi connectivity index (χ1n) is 8.36. The third kappa shape index (κ3) is 1.79. The van der Waals surface area contributed by atoms with Crippen molar-refractivity contribution >= 4 is 0 Å². The van der Waals surface area contributed by atoms with Crippen molar-refractivity contribution in [2.45, 2.75) is 71.8 Å². The number of hydrogen-bond acceptors (Lipinski definition) is 1. The summed E-state index contributed by atoms with van der Waals surface area (Å²) < 4.78 is 0. The van der Waals surface area contributed by atoms with Gasteiger partial charge in [0.25, 0.3) is 0 Å². The molecule has 2 aliphatic carbocycles. The first kappa shape index (κ1) is 15.1. The van der Waals surface area contributed by atoms with Crippen molar-refractivity contribution in [3.8, 4) is 0 Å². The zero-order chi connectivity index (χ0) is 15.7. The van der Waals surface area contributed by atoms with Gasteiger partial charge in [-0.1, -0.05) is 65.8 Å². The van der Waals surface area contributed by atoms with Crippen LogP contribution in [-0.2, 0) is 11.0 Å². The highest BCUT2D eigenvalue weighted by atomic mass is 16.3. The second-order valence-electron chi connectivity index (χ2n) is 9.26. The fourth-order valence-electron chi connectivity index (χ4n) is 5.19. The van der Waals surface area contributed by atoms with Crippen LogP contribution in [0.25, 0.3) is 0 Å². The van der Waals surface area contributed by atoms with Gasteiger partial charge in [0.05, 0.1) is 0 Å². The molecule has 3 unspecified atom stereocenters. The van der Waals surface area contributed by atoms with E-state index < -0.39 is 5.60 Å². The summed E-state index contributed by atoms with van der Waals surface area (Å²) in [5.74, 6) is 0.648. The Morgan fingerprint density at radius 2 is 1.62 bits per heavy atom. The summed E-state index contributed by atoms with van der Waals surface area (Å²) in [6.45, 7) is 13.5. The van der Waals surface area contributed by atoms with Crippen LogP contribution in [0.4, 0.5) is 0 Å². The van der Waals surface area contributed by atoms with E-state index in [1.807, 2.05) is 0 Å². The topological polar surface area (TPSA) is 20.2 Å². The Balaban J connectivity index is 2.07. The highest BCUT2D eigenvalue weighted by Crippen LogP contribution is 2.71. The van der Waals surface area contributed by atoms with E-state index in [2.05, 4.69) is 65.8 Å². The molecule has 0 saturated heterocycles. The van der Waals surface area contributed by atoms with Crippen molar-refractivity contribution < 1.29 is 5.11 Å². The van der Waals surface area contributed by atoms with E-state index in [1.165, 1.54) is 12.0 Å². The molecule has 116 valence electrons. The van der Waals surface area contributed by atoms with Crippen LogP contribution >= 0.6 is 0 Å². The molecule has 1 nitrogen and oxygen atoms in total. The summed E-state index contributed by atoms with van der Waals surface area (Å²) >= 11 is 0. The Hall–Kier alpha value is -0.820. The fraction of sp³-hybridized carbons (Fsp3) is 0.700. The van der Waals surface area contributed by atoms with Gasteiger partial charge in [0.2, 0.25) is 0 Å². The largest absolute Gasteiger partial charge is 0.384 e. The monoisotopic (exact) mass is 286 g/mol. The molecule has 1 heteroatoms. The van der Waals surface area contributed by atoms with Crippen LogP contribution in [0.5, 0.6) is 0 Å². The molecule has 0 aliphatic heterocycles. The number of aliphatic hydroxyl groups is 1. The summed E-state index contributed by atoms with van der Waals surface area (Å²) in [6.07, 6.45) is 3.59. The molecule has 3 rings (SSSR count). The Bertz CT molecular complexity index is 541. The van der Waals surface area contributed by atoms with E-state index in [0.717, 1.165) is 18.4 Å². The number of fused-ring (bicyclic) bond motifs is 2. The molecule has 0 radical (unpaired) electrons. The molecule has 1 aromatic carbocycles. The third-order valence-electron chi connectivity index (χ3n) is 6.74. The average Bonchev–Trinajstić information content (AvgIpc) is 2.86. The maximum atomic E-state index is 11.7. The molecule has 0 amide bonds. The summed E-state index contributed by atoms with van der Waals surface area (Å²) in [5, 5.41) is 11.7. The highest BCUT2D eigenvalue weighted by molar-refractivity contribution is 5.36. The van der Waals surface area contributed by atoms with Crippen LogP contribution in [0.3, 0.4) is 0 Å². The van der Waals surface area contributed by atoms with Gasteiger partial charge in [-0.3, -0.25) is 0 Å². The molecular formula is C20H30O. The van der Waals surface area contributed by atoms with Crippen LogP contribution in [0.2, 0.25) is 0 Å². The minimum absolute atomic E-state index is 0.0322. The van der Waals surface area contributed by atoms with Crippen molar-refractivity contribution in [3.05, 3.63) is 35.4 Å². The maximum Gasteiger partial charge on any atom is 0.100 e. The van der Waals surface area contributed by atoms with Crippen molar-refractivity contribution in [1.82, 2.24) is 0 Å². The van der Waals surface area contributed by atoms with Gasteiger partial charge < -0.3 is 5.11 Å². The van der Waals surface area contributed by atoms with Gasteiger partial charge in [0.15, 0.2) is 0 Å². The Morgan fingerprint density at radius 3 is 2.05 bits per heavy atom. The quantitative estimate of drug-likeness (QED) is 0.768. The molecule has 2 bridgehead atoms. The van der Waals surface area contributed by atoms with E-state index in [1.54, 1.807) is 0 Å². The second-order valence-corrected chi connectivity index (χ2v) is 9.26. The lowest BCUT2D eigenvalue weighted by molar-refractivity contribution is -0.150. The predicted molar refractivity (Wildman–Crippen MR) is 88.3 cm³/mol. The van der Waals surface area contributed by atoms with E-state index >= 15 is 0 Å². The van der Waals surface area contributed by atoms with E-state index in [4.69, 9.17) is 0 Å². The van der Waals surface area contributed by atoms with Gasteiger partial charge in [0.1, 0.15) is 5.60 Å². The molecule has 0 spiro atoms. The fourth-order valence-corrected chi connectivity index (χ4v) is 5.19. The van der Waals surface area contributed by atoms with Crippen LogP contribution in [0.15, 0.2) is 24.3 Å². The normalized spacial score (nSPS) is 38.0. The smallest absolute Gasteiger partial charge is 0.100 e. The van der Waals surface area contributed by atoms with Gasteiger partial charge in [0, 0.05) is 10.8 Å². The lowest BCUT2D eigenvalue weighted by Gasteiger charge is -2.51. The summed E-state index contributed by atoms with van der Waals surface area (Å²) in [4.78, 5) is 0. The van der Waals surface area contributed by atoms with E-state index in [0.29, 0.717) is 5.92 Å². The molecule has 0 aromatic heterocycles. The molecule has 0 heterocycles. The lowest BCUT2D eigenvalue weighted by Crippen LogP contribution is -2.51. The number of rotatable bonds is 1. The summed E-state index contributed by atoms with van der Waals surface area (Å²) in [7, 11) is 0. The van der Waals surface area contributed by atoms with Gasteiger partial charge >= 0.3 is 0 Å². The maximum absolute atomic E-state index is 11.7. The minimum atomic E-state index is -0.695. The number of benzene rings is 1. The van der Waals surface area contributed by atoms with Gasteiger partial charge in [-0.15, -0.1) is 0 Å². The second kappa shape index (κ2) is 4.13. The van der Waals surface area contributed by atoms with E-state index in [-0.39, 0.29) is 16.2 Å². The van der Waals surface area contributed by atoms with Crippen molar-refractivity contribution in [2.24, 2.45) is 16.7 Å². The molecule has 2 aliphatic rings. The zero-order valence-corrected chi connectivity index (χ0v) is 14.5. The zero-order valence-electron chi connectivity index (χ0n) is 14.5. The molecule has 2 saturated carbocycles. The minimum Gasteiger partial charge on any atom is -0.384 e. The Labute approximate surface area is 129 Å². The predicted octanol–water partition coefficient (Wildman–Crippen LogP) is 5.02. The molecular weight excluding hydrogens is 256 g/mol. The SMILES string of the molecule is CC(C)(C)c1ccc(C2(O)C3(C)CCC(C3)C2(C)C)cc1. The Kier molecular flexibility index (Phi) is 2.97. The molecule has 1 aromatic rings. The molecule has 3 atom stereocenters. The van der Waals surface area contributed by atoms with Gasteiger partial charge in [-0.25, -0.2) is 0 Å². The van der Waals surface area contributed by atoms with Crippen LogP contribution in [-0.4, -0.2) is 5.11 Å². The third-order valence-corrected chi connectivity index (χ3v) is 6.74. The first-order valence-corrected chi connectivity index (χ1v) is 8.36. The molecule has 2 fully saturated rings. The lowest BCUT2D eigenvalue weighted by atomic mass is 9.57. The average molecular weight is 286 g/mol. The van der Waals surface area contributed by atoms with E-state index in [9.17, 15) is 5.11 Å².